The van der Waals surface area contributed by atoms with Crippen LogP contribution in [0.4, 0.5) is 13.2 Å². The van der Waals surface area contributed by atoms with E-state index < -0.39 is 12.3 Å². The summed E-state index contributed by atoms with van der Waals surface area (Å²) in [4.78, 5) is 2.99. The smallest absolute Gasteiger partial charge is 0.384 e. The van der Waals surface area contributed by atoms with Gasteiger partial charge in [-0.2, -0.15) is 13.2 Å². The molecule has 2 rings (SSSR count). The third-order valence-electron chi connectivity index (χ3n) is 2.74. The Kier molecular flexibility index (Phi) is 3.11. The van der Waals surface area contributed by atoms with E-state index in [-0.39, 0.29) is 12.8 Å². The van der Waals surface area contributed by atoms with Gasteiger partial charge < -0.3 is 10.1 Å². The van der Waals surface area contributed by atoms with Crippen LogP contribution in [-0.4, -0.2) is 22.4 Å². The summed E-state index contributed by atoms with van der Waals surface area (Å²) in [7, 11) is 0. The van der Waals surface area contributed by atoms with Crippen molar-refractivity contribution >= 4 is 10.9 Å². The number of H-pyrrole nitrogens is 1. The molecule has 2 aromatic rings. The van der Waals surface area contributed by atoms with E-state index in [9.17, 15) is 13.2 Å². The maximum atomic E-state index is 12.1. The summed E-state index contributed by atoms with van der Waals surface area (Å²) >= 11 is 0. The van der Waals surface area contributed by atoms with Crippen molar-refractivity contribution in [3.63, 3.8) is 0 Å². The average molecular weight is 243 g/mol. The number of aryl methyl sites for hydroxylation is 1. The van der Waals surface area contributed by atoms with Crippen molar-refractivity contribution in [2.24, 2.45) is 0 Å². The Bertz CT molecular complexity index is 504. The normalized spacial score (nSPS) is 14.1. The zero-order valence-electron chi connectivity index (χ0n) is 8.96. The van der Waals surface area contributed by atoms with Gasteiger partial charge in [0.1, 0.15) is 6.10 Å². The highest BCUT2D eigenvalue weighted by atomic mass is 19.4. The maximum Gasteiger partial charge on any atom is 0.414 e. The summed E-state index contributed by atoms with van der Waals surface area (Å²) in [5.41, 5.74) is 1.69. The standard InChI is InChI=1S/C12H12F3NO/c13-12(14,15)11(17)6-5-8-7-16-10-4-2-1-3-9(8)10/h1-4,7,11,16-17H,5-6H2/t11-/m1/s1. The minimum absolute atomic E-state index is 0.199. The Morgan fingerprint density at radius 2 is 1.94 bits per heavy atom. The van der Waals surface area contributed by atoms with Crippen LogP contribution in [0.2, 0.25) is 0 Å². The lowest BCUT2D eigenvalue weighted by Gasteiger charge is -2.13. The number of aliphatic hydroxyl groups is 1. The second kappa shape index (κ2) is 4.41. The molecule has 0 amide bonds. The van der Waals surface area contributed by atoms with Gasteiger partial charge in [-0.15, -0.1) is 0 Å². The molecule has 0 fully saturated rings. The summed E-state index contributed by atoms with van der Waals surface area (Å²) in [5, 5.41) is 9.83. The van der Waals surface area contributed by atoms with Crippen molar-refractivity contribution in [1.82, 2.24) is 4.98 Å². The largest absolute Gasteiger partial charge is 0.414 e. The van der Waals surface area contributed by atoms with Gasteiger partial charge in [-0.05, 0) is 24.5 Å². The number of hydrogen-bond acceptors (Lipinski definition) is 1. The van der Waals surface area contributed by atoms with E-state index in [0.29, 0.717) is 0 Å². The van der Waals surface area contributed by atoms with E-state index in [0.717, 1.165) is 16.5 Å². The molecule has 1 aromatic carbocycles. The molecule has 0 saturated heterocycles. The number of benzene rings is 1. The highest BCUT2D eigenvalue weighted by Crippen LogP contribution is 2.25. The number of para-hydroxylation sites is 1. The zero-order valence-corrected chi connectivity index (χ0v) is 8.96. The second-order valence-corrected chi connectivity index (χ2v) is 3.96. The first-order chi connectivity index (χ1) is 7.98. The molecule has 0 unspecified atom stereocenters. The van der Waals surface area contributed by atoms with Crippen LogP contribution in [-0.2, 0) is 6.42 Å². The predicted molar refractivity (Wildman–Crippen MR) is 58.7 cm³/mol. The van der Waals surface area contributed by atoms with Gasteiger partial charge in [0.25, 0.3) is 0 Å². The van der Waals surface area contributed by atoms with E-state index in [1.54, 1.807) is 6.20 Å². The molecular weight excluding hydrogens is 231 g/mol. The lowest BCUT2D eigenvalue weighted by atomic mass is 10.1. The van der Waals surface area contributed by atoms with Gasteiger partial charge >= 0.3 is 6.18 Å². The SMILES string of the molecule is O[C@H](CCc1c[nH]c2ccccc12)C(F)(F)F. The Labute approximate surface area is 96.1 Å². The summed E-state index contributed by atoms with van der Waals surface area (Å²) in [5.74, 6) is 0. The molecule has 0 radical (unpaired) electrons. The van der Waals surface area contributed by atoms with Crippen LogP contribution in [0.15, 0.2) is 30.5 Å². The van der Waals surface area contributed by atoms with E-state index in [1.165, 1.54) is 0 Å². The molecule has 2 N–H and O–H groups in total. The summed E-state index contributed by atoms with van der Waals surface area (Å²) in [6.07, 6.45) is -5.22. The second-order valence-electron chi connectivity index (χ2n) is 3.96. The van der Waals surface area contributed by atoms with Crippen LogP contribution in [0, 0.1) is 0 Å². The van der Waals surface area contributed by atoms with Crippen molar-refractivity contribution in [2.45, 2.75) is 25.1 Å². The number of aromatic nitrogens is 1. The number of alkyl halides is 3. The van der Waals surface area contributed by atoms with Gasteiger partial charge in [-0.25, -0.2) is 0 Å². The lowest BCUT2D eigenvalue weighted by molar-refractivity contribution is -0.205. The van der Waals surface area contributed by atoms with Gasteiger partial charge in [0, 0.05) is 17.1 Å². The topological polar surface area (TPSA) is 36.0 Å². The Morgan fingerprint density at radius 1 is 1.24 bits per heavy atom. The number of fused-ring (bicyclic) bond motifs is 1. The molecule has 1 atom stereocenters. The summed E-state index contributed by atoms with van der Waals surface area (Å²) in [6.45, 7) is 0. The quantitative estimate of drug-likeness (QED) is 0.854. The molecule has 0 saturated carbocycles. The van der Waals surface area contributed by atoms with Crippen molar-refractivity contribution in [3.8, 4) is 0 Å². The minimum Gasteiger partial charge on any atom is -0.384 e. The van der Waals surface area contributed by atoms with Gasteiger partial charge in [-0.3, -0.25) is 0 Å². The molecule has 92 valence electrons. The third-order valence-corrected chi connectivity index (χ3v) is 2.74. The first kappa shape index (κ1) is 12.0. The van der Waals surface area contributed by atoms with Crippen molar-refractivity contribution < 1.29 is 18.3 Å². The van der Waals surface area contributed by atoms with Gasteiger partial charge in [0.15, 0.2) is 0 Å². The Balaban J connectivity index is 2.09. The maximum absolute atomic E-state index is 12.1. The molecule has 17 heavy (non-hydrogen) atoms. The molecule has 0 aliphatic carbocycles. The molecule has 5 heteroatoms. The fourth-order valence-electron chi connectivity index (χ4n) is 1.79. The molecule has 1 aromatic heterocycles. The fraction of sp³-hybridized carbons (Fsp3) is 0.333. The Hall–Kier alpha value is -1.49. The molecule has 2 nitrogen and oxygen atoms in total. The molecule has 1 heterocycles. The predicted octanol–water partition coefficient (Wildman–Crippen LogP) is 3.02. The lowest BCUT2D eigenvalue weighted by Crippen LogP contribution is -2.28. The highest BCUT2D eigenvalue weighted by Gasteiger charge is 2.37. The zero-order chi connectivity index (χ0) is 12.5. The van der Waals surface area contributed by atoms with Crippen LogP contribution < -0.4 is 0 Å². The average Bonchev–Trinajstić information content (AvgIpc) is 2.68. The van der Waals surface area contributed by atoms with E-state index in [2.05, 4.69) is 4.98 Å². The van der Waals surface area contributed by atoms with Crippen molar-refractivity contribution in [2.75, 3.05) is 0 Å². The van der Waals surface area contributed by atoms with Crippen LogP contribution in [0.25, 0.3) is 10.9 Å². The third kappa shape index (κ3) is 2.61. The number of aliphatic hydroxyl groups excluding tert-OH is 1. The molecular formula is C12H12F3NO. The monoisotopic (exact) mass is 243 g/mol. The number of aromatic amines is 1. The summed E-state index contributed by atoms with van der Waals surface area (Å²) < 4.78 is 36.4. The van der Waals surface area contributed by atoms with Gasteiger partial charge in [-0.1, -0.05) is 18.2 Å². The number of nitrogens with one attached hydrogen (secondary N) is 1. The first-order valence-electron chi connectivity index (χ1n) is 5.28. The fourth-order valence-corrected chi connectivity index (χ4v) is 1.79. The van der Waals surface area contributed by atoms with Crippen LogP contribution >= 0.6 is 0 Å². The van der Waals surface area contributed by atoms with Crippen LogP contribution in [0.3, 0.4) is 0 Å². The number of rotatable bonds is 3. The molecule has 0 spiro atoms. The molecule has 0 aliphatic heterocycles. The number of hydrogen-bond donors (Lipinski definition) is 2. The van der Waals surface area contributed by atoms with Crippen molar-refractivity contribution in [3.05, 3.63) is 36.0 Å². The van der Waals surface area contributed by atoms with E-state index in [1.807, 2.05) is 24.3 Å². The summed E-state index contributed by atoms with van der Waals surface area (Å²) in [6, 6.07) is 7.40. The highest BCUT2D eigenvalue weighted by molar-refractivity contribution is 5.82. The molecule has 0 bridgehead atoms. The minimum atomic E-state index is -4.54. The Morgan fingerprint density at radius 3 is 2.65 bits per heavy atom. The van der Waals surface area contributed by atoms with Crippen molar-refractivity contribution in [1.29, 1.82) is 0 Å². The van der Waals surface area contributed by atoms with E-state index >= 15 is 0 Å². The van der Waals surface area contributed by atoms with Crippen LogP contribution in [0.5, 0.6) is 0 Å². The number of halogens is 3. The van der Waals surface area contributed by atoms with E-state index in [4.69, 9.17) is 5.11 Å². The van der Waals surface area contributed by atoms with Gasteiger partial charge in [0.2, 0.25) is 0 Å². The van der Waals surface area contributed by atoms with Crippen LogP contribution in [0.1, 0.15) is 12.0 Å². The molecule has 0 aliphatic rings. The first-order valence-corrected chi connectivity index (χ1v) is 5.28. The van der Waals surface area contributed by atoms with Gasteiger partial charge in [0.05, 0.1) is 0 Å².